The molecule has 17 unspecified atom stereocenters. The Labute approximate surface area is 551 Å². The van der Waals surface area contributed by atoms with E-state index in [-0.39, 0.29) is 18.9 Å². The number of amides is 1. The number of carbonyl (C=O) groups is 1. The van der Waals surface area contributed by atoms with Crippen LogP contribution in [0.15, 0.2) is 0 Å². The van der Waals surface area contributed by atoms with Crippen LogP contribution in [0.1, 0.15) is 322 Å². The van der Waals surface area contributed by atoms with Gasteiger partial charge in [0.2, 0.25) is 5.91 Å². The lowest BCUT2D eigenvalue weighted by atomic mass is 9.96. The first kappa shape index (κ1) is 84.0. The Balaban J connectivity index is 1.38. The van der Waals surface area contributed by atoms with Crippen LogP contribution in [0.25, 0.3) is 0 Å². The molecule has 3 aliphatic rings. The van der Waals surface area contributed by atoms with Gasteiger partial charge < -0.3 is 89.9 Å². The Morgan fingerprint density at radius 2 is 0.626 bits per heavy atom. The summed E-state index contributed by atoms with van der Waals surface area (Å²) < 4.78 is 34.5. The first-order valence-electron chi connectivity index (χ1n) is 37.8. The Kier molecular flexibility index (Phi) is 50.6. The molecule has 3 rings (SSSR count). The third-order valence-corrected chi connectivity index (χ3v) is 19.4. The van der Waals surface area contributed by atoms with Gasteiger partial charge >= 0.3 is 0 Å². The van der Waals surface area contributed by atoms with Crippen LogP contribution in [0.4, 0.5) is 0 Å². The molecule has 0 aliphatic carbocycles. The van der Waals surface area contributed by atoms with Crippen molar-refractivity contribution in [2.24, 2.45) is 0 Å². The number of carbonyl (C=O) groups excluding carboxylic acids is 1. The first-order valence-corrected chi connectivity index (χ1v) is 37.8. The summed E-state index contributed by atoms with van der Waals surface area (Å²) in [6.45, 7) is 1.86. The average Bonchev–Trinajstić information content (AvgIpc) is 0.885. The minimum Gasteiger partial charge on any atom is -0.394 e. The zero-order chi connectivity index (χ0) is 66.1. The van der Waals surface area contributed by atoms with Crippen LogP contribution >= 0.6 is 0 Å². The Morgan fingerprint density at radius 1 is 0.352 bits per heavy atom. The van der Waals surface area contributed by atoms with E-state index in [1.807, 2.05) is 0 Å². The van der Waals surface area contributed by atoms with Crippen molar-refractivity contribution in [1.29, 1.82) is 0 Å². The van der Waals surface area contributed by atoms with Crippen LogP contribution in [0, 0.1) is 0 Å². The molecule has 0 aromatic heterocycles. The van der Waals surface area contributed by atoms with E-state index < -0.39 is 124 Å². The summed E-state index contributed by atoms with van der Waals surface area (Å²) in [6.07, 6.45) is 33.3. The van der Waals surface area contributed by atoms with Crippen molar-refractivity contribution in [3.63, 3.8) is 0 Å². The zero-order valence-electron chi connectivity index (χ0n) is 57.4. The maximum Gasteiger partial charge on any atom is 0.220 e. The number of aliphatic hydroxyl groups is 11. The van der Waals surface area contributed by atoms with Gasteiger partial charge in [-0.15, -0.1) is 0 Å². The van der Waals surface area contributed by atoms with Crippen LogP contribution in [0.5, 0.6) is 0 Å². The molecular formula is C72H139NO18. The molecule has 0 spiro atoms. The van der Waals surface area contributed by atoms with Crippen molar-refractivity contribution in [2.75, 3.05) is 26.4 Å². The number of hydrogen-bond donors (Lipinski definition) is 12. The topological polar surface area (TPSA) is 307 Å². The monoisotopic (exact) mass is 1310 g/mol. The molecule has 540 valence electrons. The summed E-state index contributed by atoms with van der Waals surface area (Å²) in [5, 5.41) is 121. The molecule has 3 fully saturated rings. The molecule has 3 saturated heterocycles. The summed E-state index contributed by atoms with van der Waals surface area (Å²) in [7, 11) is 0. The van der Waals surface area contributed by atoms with Crippen molar-refractivity contribution < 1.29 is 89.4 Å². The van der Waals surface area contributed by atoms with Crippen molar-refractivity contribution in [2.45, 2.75) is 426 Å². The predicted octanol–water partition coefficient (Wildman–Crippen LogP) is 11.1. The van der Waals surface area contributed by atoms with Gasteiger partial charge in [0.15, 0.2) is 18.9 Å². The maximum atomic E-state index is 13.5. The normalized spacial score (nSPS) is 27.8. The van der Waals surface area contributed by atoms with Gasteiger partial charge in [-0.2, -0.15) is 0 Å². The van der Waals surface area contributed by atoms with Crippen molar-refractivity contribution in [3.8, 4) is 0 Å². The highest BCUT2D eigenvalue weighted by molar-refractivity contribution is 5.76. The summed E-state index contributed by atoms with van der Waals surface area (Å²) in [5.74, 6) is -0.234. The highest BCUT2D eigenvalue weighted by atomic mass is 16.8. The Morgan fingerprint density at radius 3 is 0.956 bits per heavy atom. The van der Waals surface area contributed by atoms with Crippen LogP contribution in [-0.2, 0) is 33.2 Å². The molecule has 12 N–H and O–H groups in total. The Hall–Kier alpha value is -1.21. The van der Waals surface area contributed by atoms with Crippen molar-refractivity contribution >= 4 is 5.91 Å². The number of hydrogen-bond acceptors (Lipinski definition) is 18. The van der Waals surface area contributed by atoms with E-state index in [4.69, 9.17) is 28.4 Å². The van der Waals surface area contributed by atoms with E-state index in [9.17, 15) is 61.0 Å². The van der Waals surface area contributed by atoms with Gasteiger partial charge in [0.1, 0.15) is 73.2 Å². The number of ether oxygens (including phenoxy) is 6. The van der Waals surface area contributed by atoms with Crippen LogP contribution in [0.3, 0.4) is 0 Å². The van der Waals surface area contributed by atoms with E-state index >= 15 is 0 Å². The van der Waals surface area contributed by atoms with E-state index in [0.29, 0.717) is 12.8 Å². The average molecular weight is 1310 g/mol. The van der Waals surface area contributed by atoms with Crippen LogP contribution in [-0.4, -0.2) is 193 Å². The smallest absolute Gasteiger partial charge is 0.220 e. The first-order chi connectivity index (χ1) is 44.3. The standard InChI is InChI=1S/C72H139NO18/c1-3-5-7-9-11-13-15-17-19-21-23-24-25-26-27-28-29-30-32-34-36-38-40-42-44-46-48-50-60(78)73-55(56(77)49-47-45-43-41-39-37-35-33-31-22-20-18-16-14-12-10-8-6-4-2)54-86-70-66(84)63(81)68(58(52-75)88-70)91-72-67(85)64(82)69(59(53-76)89-72)90-71-65(83)62(80)61(79)57(51-74)87-71/h55-59,61-72,74-77,79-85H,3-54H2,1-2H3,(H,73,78). The molecule has 0 saturated carbocycles. The summed E-state index contributed by atoms with van der Waals surface area (Å²) in [5.41, 5.74) is 0. The van der Waals surface area contributed by atoms with E-state index in [1.54, 1.807) is 0 Å². The SMILES string of the molecule is CCCCCCCCCCCCCCCCCCCCCCCCCCCCCC(=O)NC(COC1OC(CO)C(OC2OC(CO)C(OC3OC(CO)C(O)C(O)C3O)C(O)C2O)C(O)C1O)C(O)CCCCCCCCCCCCCCCCCCCCC. The number of nitrogens with one attached hydrogen (secondary N) is 1. The highest BCUT2D eigenvalue weighted by Crippen LogP contribution is 2.33. The van der Waals surface area contributed by atoms with Gasteiger partial charge in [0, 0.05) is 6.42 Å². The van der Waals surface area contributed by atoms with E-state index in [2.05, 4.69) is 19.2 Å². The fourth-order valence-corrected chi connectivity index (χ4v) is 13.3. The van der Waals surface area contributed by atoms with Crippen LogP contribution in [0.2, 0.25) is 0 Å². The van der Waals surface area contributed by atoms with Gasteiger partial charge in [0.25, 0.3) is 0 Å². The maximum absolute atomic E-state index is 13.5. The lowest BCUT2D eigenvalue weighted by Crippen LogP contribution is -2.66. The molecule has 0 aromatic carbocycles. The fourth-order valence-electron chi connectivity index (χ4n) is 13.3. The molecule has 3 aliphatic heterocycles. The number of rotatable bonds is 60. The second-order valence-corrected chi connectivity index (χ2v) is 27.5. The molecule has 17 atom stereocenters. The highest BCUT2D eigenvalue weighted by Gasteiger charge is 2.53. The molecule has 19 nitrogen and oxygen atoms in total. The lowest BCUT2D eigenvalue weighted by molar-refractivity contribution is -0.379. The van der Waals surface area contributed by atoms with Crippen molar-refractivity contribution in [1.82, 2.24) is 5.32 Å². The van der Waals surface area contributed by atoms with Gasteiger partial charge in [-0.05, 0) is 12.8 Å². The second-order valence-electron chi connectivity index (χ2n) is 27.5. The minimum atomic E-state index is -1.97. The molecule has 1 amide bonds. The molecular weight excluding hydrogens is 1170 g/mol. The summed E-state index contributed by atoms with van der Waals surface area (Å²) in [6, 6.07) is -0.882. The second kappa shape index (κ2) is 54.8. The minimum absolute atomic E-state index is 0.234. The summed E-state index contributed by atoms with van der Waals surface area (Å²) >= 11 is 0. The van der Waals surface area contributed by atoms with Crippen LogP contribution < -0.4 is 5.32 Å². The molecule has 19 heteroatoms. The van der Waals surface area contributed by atoms with Gasteiger partial charge in [-0.3, -0.25) is 4.79 Å². The molecule has 0 bridgehead atoms. The van der Waals surface area contributed by atoms with E-state index in [0.717, 1.165) is 44.9 Å². The largest absolute Gasteiger partial charge is 0.394 e. The molecule has 91 heavy (non-hydrogen) atoms. The van der Waals surface area contributed by atoms with Gasteiger partial charge in [-0.25, -0.2) is 0 Å². The third-order valence-electron chi connectivity index (χ3n) is 19.4. The molecule has 0 aromatic rings. The predicted molar refractivity (Wildman–Crippen MR) is 356 cm³/mol. The number of aliphatic hydroxyl groups excluding tert-OH is 11. The third kappa shape index (κ3) is 36.3. The zero-order valence-corrected chi connectivity index (χ0v) is 57.4. The van der Waals surface area contributed by atoms with Gasteiger partial charge in [-0.1, -0.05) is 303 Å². The number of unbranched alkanes of at least 4 members (excludes halogenated alkanes) is 44. The summed E-state index contributed by atoms with van der Waals surface area (Å²) in [4.78, 5) is 13.5. The quantitative estimate of drug-likeness (QED) is 0.0252. The van der Waals surface area contributed by atoms with Crippen molar-refractivity contribution in [3.05, 3.63) is 0 Å². The lowest BCUT2D eigenvalue weighted by Gasteiger charge is -2.48. The van der Waals surface area contributed by atoms with E-state index in [1.165, 1.54) is 244 Å². The Bertz CT molecular complexity index is 1650. The molecule has 0 radical (unpaired) electrons. The van der Waals surface area contributed by atoms with Gasteiger partial charge in [0.05, 0.1) is 38.6 Å². The fraction of sp³-hybridized carbons (Fsp3) is 0.986. The molecule has 3 heterocycles.